The van der Waals surface area contributed by atoms with Crippen molar-refractivity contribution in [2.24, 2.45) is 0 Å². The van der Waals surface area contributed by atoms with Gasteiger partial charge in [0.1, 0.15) is 0 Å². The Hall–Kier alpha value is -3.42. The maximum atomic E-state index is 13.1. The molecule has 0 aliphatic rings. The van der Waals surface area contributed by atoms with Gasteiger partial charge in [-0.05, 0) is 64.2 Å². The van der Waals surface area contributed by atoms with Crippen LogP contribution in [0.15, 0.2) is 94.5 Å². The highest BCUT2D eigenvalue weighted by Gasteiger charge is 2.19. The van der Waals surface area contributed by atoms with Crippen LogP contribution in [0.3, 0.4) is 0 Å². The van der Waals surface area contributed by atoms with E-state index in [9.17, 15) is 13.2 Å². The van der Waals surface area contributed by atoms with Gasteiger partial charge in [-0.25, -0.2) is 13.2 Å². The lowest BCUT2D eigenvalue weighted by Gasteiger charge is -2.14. The van der Waals surface area contributed by atoms with Crippen molar-refractivity contribution in [1.29, 1.82) is 0 Å². The molecule has 4 rings (SSSR count). The smallest absolute Gasteiger partial charge is 0.308 e. The van der Waals surface area contributed by atoms with E-state index >= 15 is 0 Å². The molecule has 168 valence electrons. The molecule has 4 aromatic rings. The predicted molar refractivity (Wildman–Crippen MR) is 136 cm³/mol. The Bertz CT molecular complexity index is 1350. The van der Waals surface area contributed by atoms with Gasteiger partial charge in [-0.3, -0.25) is 0 Å². The second-order valence-corrected chi connectivity index (χ2v) is 10.4. The molecule has 0 aliphatic heterocycles. The Labute approximate surface area is 198 Å². The fourth-order valence-electron chi connectivity index (χ4n) is 3.52. The zero-order valence-electron chi connectivity index (χ0n) is 18.1. The molecule has 7 heteroatoms. The first-order chi connectivity index (χ1) is 15.9. The highest BCUT2D eigenvalue weighted by molar-refractivity contribution is 7.90. The second kappa shape index (κ2) is 10.0. The number of thiophene rings is 1. The first-order valence-corrected chi connectivity index (χ1v) is 13.1. The van der Waals surface area contributed by atoms with Crippen LogP contribution in [0.4, 0.5) is 16.2 Å². The third-order valence-electron chi connectivity index (χ3n) is 5.22. The number of aryl methyl sites for hydroxylation is 1. The average molecular weight is 477 g/mol. The number of rotatable bonds is 7. The topological polar surface area (TPSA) is 75.3 Å². The fraction of sp³-hybridized carbons (Fsp3) is 0.115. The SMILES string of the molecule is CCc1cccc(NC(=O)Nc2cc(S(=O)(=O)Cc3ccccc3)ccc2-c2ccsc2)c1. The van der Waals surface area contributed by atoms with Gasteiger partial charge >= 0.3 is 6.03 Å². The molecule has 2 N–H and O–H groups in total. The number of benzene rings is 3. The maximum Gasteiger partial charge on any atom is 0.323 e. The lowest BCUT2D eigenvalue weighted by atomic mass is 10.1. The molecule has 0 radical (unpaired) electrons. The summed E-state index contributed by atoms with van der Waals surface area (Å²) >= 11 is 1.53. The molecule has 5 nitrogen and oxygen atoms in total. The van der Waals surface area contributed by atoms with E-state index in [1.165, 1.54) is 17.4 Å². The summed E-state index contributed by atoms with van der Waals surface area (Å²) in [5.41, 5.74) is 4.61. The molecule has 0 saturated carbocycles. The van der Waals surface area contributed by atoms with Crippen LogP contribution >= 0.6 is 11.3 Å². The van der Waals surface area contributed by atoms with Gasteiger partial charge in [0.25, 0.3) is 0 Å². The first-order valence-electron chi connectivity index (χ1n) is 10.5. The Kier molecular flexibility index (Phi) is 6.91. The molecule has 0 atom stereocenters. The zero-order valence-corrected chi connectivity index (χ0v) is 19.7. The molecule has 0 saturated heterocycles. The third kappa shape index (κ3) is 5.69. The van der Waals surface area contributed by atoms with E-state index in [1.54, 1.807) is 24.3 Å². The van der Waals surface area contributed by atoms with Crippen molar-refractivity contribution in [3.05, 3.63) is 101 Å². The molecule has 33 heavy (non-hydrogen) atoms. The number of urea groups is 1. The van der Waals surface area contributed by atoms with Gasteiger partial charge in [0.15, 0.2) is 9.84 Å². The molecule has 0 spiro atoms. The summed E-state index contributed by atoms with van der Waals surface area (Å²) in [6.07, 6.45) is 0.862. The van der Waals surface area contributed by atoms with Crippen LogP contribution in [-0.4, -0.2) is 14.4 Å². The number of anilines is 2. The van der Waals surface area contributed by atoms with Crippen LogP contribution in [0, 0.1) is 0 Å². The summed E-state index contributed by atoms with van der Waals surface area (Å²) in [4.78, 5) is 12.9. The standard InChI is InChI=1S/C26H24N2O3S2/c1-2-19-9-6-10-22(15-19)27-26(29)28-25-16-23(11-12-24(25)21-13-14-32-17-21)33(30,31)18-20-7-4-3-5-8-20/h3-17H,2,18H2,1H3,(H2,27,28,29). The highest BCUT2D eigenvalue weighted by Crippen LogP contribution is 2.33. The van der Waals surface area contributed by atoms with Crippen molar-refractivity contribution < 1.29 is 13.2 Å². The Morgan fingerprint density at radius 1 is 0.879 bits per heavy atom. The molecular weight excluding hydrogens is 452 g/mol. The zero-order chi connectivity index (χ0) is 23.3. The van der Waals surface area contributed by atoms with E-state index in [0.717, 1.165) is 23.1 Å². The van der Waals surface area contributed by atoms with Crippen LogP contribution in [0.2, 0.25) is 0 Å². The van der Waals surface area contributed by atoms with E-state index in [-0.39, 0.29) is 10.6 Å². The van der Waals surface area contributed by atoms with Gasteiger partial charge in [0.05, 0.1) is 16.3 Å². The molecule has 1 heterocycles. The summed E-state index contributed by atoms with van der Waals surface area (Å²) in [5, 5.41) is 9.59. The minimum Gasteiger partial charge on any atom is -0.308 e. The number of sulfone groups is 1. The van der Waals surface area contributed by atoms with Crippen molar-refractivity contribution in [2.45, 2.75) is 24.0 Å². The normalized spacial score (nSPS) is 11.2. The highest BCUT2D eigenvalue weighted by atomic mass is 32.2. The van der Waals surface area contributed by atoms with E-state index in [1.807, 2.05) is 66.2 Å². The lowest BCUT2D eigenvalue weighted by molar-refractivity contribution is 0.262. The largest absolute Gasteiger partial charge is 0.323 e. The number of carbonyl (C=O) groups is 1. The molecule has 1 aromatic heterocycles. The van der Waals surface area contributed by atoms with Gasteiger partial charge in [0, 0.05) is 11.3 Å². The van der Waals surface area contributed by atoms with Crippen LogP contribution < -0.4 is 10.6 Å². The molecule has 3 aromatic carbocycles. The molecular formula is C26H24N2O3S2. The maximum absolute atomic E-state index is 13.1. The summed E-state index contributed by atoms with van der Waals surface area (Å²) in [6.45, 7) is 2.05. The molecule has 0 fully saturated rings. The monoisotopic (exact) mass is 476 g/mol. The van der Waals surface area contributed by atoms with Gasteiger partial charge in [0.2, 0.25) is 0 Å². The summed E-state index contributed by atoms with van der Waals surface area (Å²) in [6, 6.07) is 23.1. The lowest BCUT2D eigenvalue weighted by Crippen LogP contribution is -2.20. The van der Waals surface area contributed by atoms with Crippen LogP contribution in [0.25, 0.3) is 11.1 Å². The Morgan fingerprint density at radius 3 is 2.39 bits per heavy atom. The quantitative estimate of drug-likeness (QED) is 0.316. The van der Waals surface area contributed by atoms with Crippen molar-refractivity contribution in [2.75, 3.05) is 10.6 Å². The third-order valence-corrected chi connectivity index (χ3v) is 7.59. The Morgan fingerprint density at radius 2 is 1.67 bits per heavy atom. The van der Waals surface area contributed by atoms with Crippen LogP contribution in [-0.2, 0) is 22.0 Å². The van der Waals surface area contributed by atoms with Gasteiger partial charge in [-0.15, -0.1) is 0 Å². The van der Waals surface area contributed by atoms with Crippen LogP contribution in [0.1, 0.15) is 18.1 Å². The minimum atomic E-state index is -3.59. The van der Waals surface area contributed by atoms with Crippen molar-refractivity contribution >= 4 is 38.6 Å². The van der Waals surface area contributed by atoms with E-state index in [4.69, 9.17) is 0 Å². The van der Waals surface area contributed by atoms with E-state index in [0.29, 0.717) is 16.9 Å². The first kappa shape index (κ1) is 22.8. The fourth-order valence-corrected chi connectivity index (χ4v) is 5.55. The average Bonchev–Trinajstić information content (AvgIpc) is 3.34. The van der Waals surface area contributed by atoms with Gasteiger partial charge in [-0.1, -0.05) is 55.5 Å². The number of nitrogens with one attached hydrogen (secondary N) is 2. The summed E-state index contributed by atoms with van der Waals surface area (Å²) in [7, 11) is -3.59. The summed E-state index contributed by atoms with van der Waals surface area (Å²) < 4.78 is 26.1. The van der Waals surface area contributed by atoms with Gasteiger partial charge in [-0.2, -0.15) is 11.3 Å². The number of hydrogen-bond donors (Lipinski definition) is 2. The van der Waals surface area contributed by atoms with Crippen LogP contribution in [0.5, 0.6) is 0 Å². The van der Waals surface area contributed by atoms with Gasteiger partial charge < -0.3 is 10.6 Å². The number of amides is 2. The number of carbonyl (C=O) groups excluding carboxylic acids is 1. The van der Waals surface area contributed by atoms with Crippen molar-refractivity contribution in [1.82, 2.24) is 0 Å². The second-order valence-electron chi connectivity index (χ2n) is 7.60. The molecule has 0 aliphatic carbocycles. The summed E-state index contributed by atoms with van der Waals surface area (Å²) in [5.74, 6) is -0.110. The van der Waals surface area contributed by atoms with Crippen molar-refractivity contribution in [3.63, 3.8) is 0 Å². The predicted octanol–water partition coefficient (Wildman–Crippen LogP) is 6.60. The molecule has 0 unspecified atom stereocenters. The Balaban J connectivity index is 1.63. The van der Waals surface area contributed by atoms with E-state index < -0.39 is 15.9 Å². The molecule has 0 bridgehead atoms. The van der Waals surface area contributed by atoms with E-state index in [2.05, 4.69) is 10.6 Å². The minimum absolute atomic E-state index is 0.110. The molecule has 2 amide bonds. The number of hydrogen-bond acceptors (Lipinski definition) is 4. The van der Waals surface area contributed by atoms with Crippen molar-refractivity contribution in [3.8, 4) is 11.1 Å².